The van der Waals surface area contributed by atoms with Crippen molar-refractivity contribution in [3.8, 4) is 5.75 Å². The van der Waals surface area contributed by atoms with Crippen LogP contribution in [-0.2, 0) is 4.79 Å². The highest BCUT2D eigenvalue weighted by Gasteiger charge is 2.41. The molecule has 8 heteroatoms. The molecule has 2 aromatic carbocycles. The molecule has 0 bridgehead atoms. The van der Waals surface area contributed by atoms with Crippen LogP contribution in [0.25, 0.3) is 0 Å². The minimum Gasteiger partial charge on any atom is -0.493 e. The van der Waals surface area contributed by atoms with Crippen LogP contribution >= 0.6 is 23.2 Å². The van der Waals surface area contributed by atoms with Crippen molar-refractivity contribution in [3.05, 3.63) is 63.1 Å². The molecular formula is C28H34Cl2N2O4. The van der Waals surface area contributed by atoms with Gasteiger partial charge in [-0.3, -0.25) is 9.59 Å². The second kappa shape index (κ2) is 11.4. The lowest BCUT2D eigenvalue weighted by atomic mass is 9.77. The normalized spacial score (nSPS) is 20.9. The SMILES string of the molecule is Cc1cc(OCC2(CC(=O)N3CCC(O)CC3)CCCN(C(=O)c3ccc(Cl)cc3)C2)cc(C)c1Cl. The van der Waals surface area contributed by atoms with E-state index in [1.807, 2.05) is 35.8 Å². The molecule has 1 unspecified atom stereocenters. The van der Waals surface area contributed by atoms with Crippen LogP contribution in [-0.4, -0.2) is 65.6 Å². The first-order valence-electron chi connectivity index (χ1n) is 12.6. The molecule has 2 saturated heterocycles. The van der Waals surface area contributed by atoms with Crippen molar-refractivity contribution in [1.82, 2.24) is 9.80 Å². The van der Waals surface area contributed by atoms with E-state index in [1.165, 1.54) is 0 Å². The van der Waals surface area contributed by atoms with Gasteiger partial charge in [-0.05, 0) is 87.1 Å². The molecule has 0 aromatic heterocycles. The second-order valence-electron chi connectivity index (χ2n) is 10.3. The number of aliphatic hydroxyl groups excluding tert-OH is 1. The monoisotopic (exact) mass is 532 g/mol. The van der Waals surface area contributed by atoms with Gasteiger partial charge in [0, 0.05) is 53.6 Å². The lowest BCUT2D eigenvalue weighted by molar-refractivity contribution is -0.137. The Hall–Kier alpha value is -2.28. The Balaban J connectivity index is 1.55. The number of aryl methyl sites for hydroxylation is 2. The van der Waals surface area contributed by atoms with Gasteiger partial charge in [0.05, 0.1) is 12.7 Å². The zero-order chi connectivity index (χ0) is 25.9. The number of amides is 2. The Labute approximate surface area is 223 Å². The largest absolute Gasteiger partial charge is 0.493 e. The smallest absolute Gasteiger partial charge is 0.253 e. The minimum absolute atomic E-state index is 0.0507. The van der Waals surface area contributed by atoms with E-state index in [0.717, 1.165) is 29.0 Å². The highest BCUT2D eigenvalue weighted by Crippen LogP contribution is 2.37. The summed E-state index contributed by atoms with van der Waals surface area (Å²) in [5.41, 5.74) is 1.93. The summed E-state index contributed by atoms with van der Waals surface area (Å²) in [6.07, 6.45) is 2.71. The summed E-state index contributed by atoms with van der Waals surface area (Å²) in [5, 5.41) is 11.2. The zero-order valence-electron chi connectivity index (χ0n) is 20.9. The Kier molecular flexibility index (Phi) is 8.48. The van der Waals surface area contributed by atoms with Crippen LogP contribution in [0.5, 0.6) is 5.75 Å². The number of ether oxygens (including phenoxy) is 1. The summed E-state index contributed by atoms with van der Waals surface area (Å²) >= 11 is 12.3. The van der Waals surface area contributed by atoms with E-state index < -0.39 is 5.41 Å². The number of piperidine rings is 2. The van der Waals surface area contributed by atoms with E-state index in [1.54, 1.807) is 24.3 Å². The maximum Gasteiger partial charge on any atom is 0.253 e. The van der Waals surface area contributed by atoms with Gasteiger partial charge in [0.25, 0.3) is 5.91 Å². The molecule has 1 atom stereocenters. The van der Waals surface area contributed by atoms with Crippen molar-refractivity contribution in [2.24, 2.45) is 5.41 Å². The van der Waals surface area contributed by atoms with Gasteiger partial charge >= 0.3 is 0 Å². The summed E-state index contributed by atoms with van der Waals surface area (Å²) < 4.78 is 6.30. The van der Waals surface area contributed by atoms with Crippen LogP contribution in [0.4, 0.5) is 0 Å². The number of aliphatic hydroxyl groups is 1. The maximum absolute atomic E-state index is 13.4. The molecule has 1 N–H and O–H groups in total. The summed E-state index contributed by atoms with van der Waals surface area (Å²) in [5.74, 6) is 0.695. The fourth-order valence-electron chi connectivity index (χ4n) is 5.24. The quantitative estimate of drug-likeness (QED) is 0.548. The molecule has 36 heavy (non-hydrogen) atoms. The summed E-state index contributed by atoms with van der Waals surface area (Å²) in [6.45, 7) is 6.38. The first kappa shape index (κ1) is 26.8. The molecule has 2 fully saturated rings. The van der Waals surface area contributed by atoms with E-state index in [-0.39, 0.29) is 17.9 Å². The van der Waals surface area contributed by atoms with E-state index in [0.29, 0.717) is 68.4 Å². The molecule has 194 valence electrons. The van der Waals surface area contributed by atoms with Crippen LogP contribution in [0, 0.1) is 19.3 Å². The molecule has 2 heterocycles. The van der Waals surface area contributed by atoms with Crippen LogP contribution in [0.2, 0.25) is 10.0 Å². The first-order valence-corrected chi connectivity index (χ1v) is 13.3. The summed E-state index contributed by atoms with van der Waals surface area (Å²) in [6, 6.07) is 10.7. The van der Waals surface area contributed by atoms with Gasteiger partial charge in [0.2, 0.25) is 5.91 Å². The molecule has 2 amide bonds. The molecular weight excluding hydrogens is 499 g/mol. The van der Waals surface area contributed by atoms with Crippen LogP contribution in [0.15, 0.2) is 36.4 Å². The topological polar surface area (TPSA) is 70.1 Å². The number of hydrogen-bond donors (Lipinski definition) is 1. The number of nitrogens with zero attached hydrogens (tertiary/aromatic N) is 2. The predicted molar refractivity (Wildman–Crippen MR) is 142 cm³/mol. The lowest BCUT2D eigenvalue weighted by Gasteiger charge is -2.43. The molecule has 0 saturated carbocycles. The minimum atomic E-state index is -0.519. The van der Waals surface area contributed by atoms with E-state index >= 15 is 0 Å². The molecule has 2 aliphatic heterocycles. The standard InChI is InChI=1S/C28H34Cl2N2O4/c1-19-14-24(15-20(2)26(19)30)36-18-28(16-25(34)31-12-8-23(33)9-13-31)10-3-11-32(17-28)27(35)21-4-6-22(29)7-5-21/h4-7,14-15,23,33H,3,8-13,16-18H2,1-2H3. The number of benzene rings is 2. The number of carbonyl (C=O) groups excluding carboxylic acids is 2. The molecule has 0 spiro atoms. The van der Waals surface area contributed by atoms with Crippen LogP contribution in [0.1, 0.15) is 53.6 Å². The Bertz CT molecular complexity index is 1080. The average Bonchev–Trinajstić information content (AvgIpc) is 2.86. The Morgan fingerprint density at radius 1 is 1.03 bits per heavy atom. The first-order chi connectivity index (χ1) is 17.2. The highest BCUT2D eigenvalue weighted by molar-refractivity contribution is 6.32. The van der Waals surface area contributed by atoms with Crippen molar-refractivity contribution < 1.29 is 19.4 Å². The number of rotatable bonds is 6. The fraction of sp³-hybridized carbons (Fsp3) is 0.500. The van der Waals surface area contributed by atoms with Gasteiger partial charge in [-0.25, -0.2) is 0 Å². The highest BCUT2D eigenvalue weighted by atomic mass is 35.5. The van der Waals surface area contributed by atoms with Gasteiger partial charge in [0.1, 0.15) is 5.75 Å². The van der Waals surface area contributed by atoms with E-state index in [2.05, 4.69) is 0 Å². The third-order valence-corrected chi connectivity index (χ3v) is 8.19. The van der Waals surface area contributed by atoms with Gasteiger partial charge in [-0.15, -0.1) is 0 Å². The van der Waals surface area contributed by atoms with Crippen molar-refractivity contribution in [3.63, 3.8) is 0 Å². The molecule has 0 aliphatic carbocycles. The second-order valence-corrected chi connectivity index (χ2v) is 11.1. The Morgan fingerprint density at radius 3 is 2.31 bits per heavy atom. The maximum atomic E-state index is 13.4. The predicted octanol–water partition coefficient (Wildman–Crippen LogP) is 5.29. The molecule has 6 nitrogen and oxygen atoms in total. The number of halogens is 2. The lowest BCUT2D eigenvalue weighted by Crippen LogP contribution is -2.51. The summed E-state index contributed by atoms with van der Waals surface area (Å²) in [7, 11) is 0. The Morgan fingerprint density at radius 2 is 1.67 bits per heavy atom. The zero-order valence-corrected chi connectivity index (χ0v) is 22.4. The van der Waals surface area contributed by atoms with Crippen molar-refractivity contribution in [2.75, 3.05) is 32.8 Å². The molecule has 2 aromatic rings. The number of hydrogen-bond acceptors (Lipinski definition) is 4. The van der Waals surface area contributed by atoms with Crippen molar-refractivity contribution in [2.45, 2.75) is 52.1 Å². The van der Waals surface area contributed by atoms with Gasteiger partial charge in [0.15, 0.2) is 0 Å². The number of carbonyl (C=O) groups is 2. The van der Waals surface area contributed by atoms with E-state index in [4.69, 9.17) is 27.9 Å². The van der Waals surface area contributed by atoms with Gasteiger partial charge < -0.3 is 19.6 Å². The average molecular weight is 533 g/mol. The third kappa shape index (κ3) is 6.34. The van der Waals surface area contributed by atoms with E-state index in [9.17, 15) is 14.7 Å². The fourth-order valence-corrected chi connectivity index (χ4v) is 5.48. The van der Waals surface area contributed by atoms with Gasteiger partial charge in [-0.2, -0.15) is 0 Å². The van der Waals surface area contributed by atoms with Crippen LogP contribution in [0.3, 0.4) is 0 Å². The number of likely N-dealkylation sites (tertiary alicyclic amines) is 2. The van der Waals surface area contributed by atoms with Crippen molar-refractivity contribution in [1.29, 1.82) is 0 Å². The van der Waals surface area contributed by atoms with Gasteiger partial charge in [-0.1, -0.05) is 23.2 Å². The molecule has 0 radical (unpaired) electrons. The molecule has 4 rings (SSSR count). The summed E-state index contributed by atoms with van der Waals surface area (Å²) in [4.78, 5) is 30.4. The third-order valence-electron chi connectivity index (χ3n) is 7.34. The van der Waals surface area contributed by atoms with Crippen molar-refractivity contribution >= 4 is 35.0 Å². The van der Waals surface area contributed by atoms with Crippen LogP contribution < -0.4 is 4.74 Å². The molecule has 2 aliphatic rings.